The number of hydrogen-bond donors (Lipinski definition) is 1. The second-order valence-corrected chi connectivity index (χ2v) is 5.67. The maximum absolute atomic E-state index is 5.69. The van der Waals surface area contributed by atoms with Gasteiger partial charge in [-0.3, -0.25) is 0 Å². The maximum atomic E-state index is 5.69. The van der Waals surface area contributed by atoms with Crippen LogP contribution >= 0.6 is 39.5 Å². The highest BCUT2D eigenvalue weighted by Gasteiger charge is 2.03. The van der Waals surface area contributed by atoms with Gasteiger partial charge in [0.2, 0.25) is 0 Å². The molecule has 0 amide bonds. The summed E-state index contributed by atoms with van der Waals surface area (Å²) in [5.74, 6) is 0.774. The monoisotopic (exact) mass is 327 g/mol. The van der Waals surface area contributed by atoms with Crippen molar-refractivity contribution >= 4 is 44.5 Å². The summed E-state index contributed by atoms with van der Waals surface area (Å²) in [5.41, 5.74) is 6.39. The standard InChI is InChI=1S/C12H10BrNOS2/c13-10-4-5-17-11(10)7-15-9-3-1-2-8(6-9)12(14)16/h1-6H,7H2,(H2,14,16). The summed E-state index contributed by atoms with van der Waals surface area (Å²) in [6.07, 6.45) is 0. The summed E-state index contributed by atoms with van der Waals surface area (Å²) in [7, 11) is 0. The summed E-state index contributed by atoms with van der Waals surface area (Å²) in [5, 5.41) is 2.02. The first-order chi connectivity index (χ1) is 8.16. The van der Waals surface area contributed by atoms with E-state index in [-0.39, 0.29) is 0 Å². The Balaban J connectivity index is 2.07. The molecule has 2 rings (SSSR count). The first-order valence-electron chi connectivity index (χ1n) is 4.91. The number of hydrogen-bond acceptors (Lipinski definition) is 3. The van der Waals surface area contributed by atoms with Crippen molar-refractivity contribution in [2.45, 2.75) is 6.61 Å². The van der Waals surface area contributed by atoms with Crippen LogP contribution in [0.1, 0.15) is 10.4 Å². The molecule has 88 valence electrons. The van der Waals surface area contributed by atoms with Gasteiger partial charge in [-0.15, -0.1) is 11.3 Å². The Bertz CT molecular complexity index is 539. The SMILES string of the molecule is NC(=S)c1cccc(OCc2sccc2Br)c1. The van der Waals surface area contributed by atoms with E-state index in [1.807, 2.05) is 35.7 Å². The first-order valence-corrected chi connectivity index (χ1v) is 6.99. The molecule has 5 heteroatoms. The fourth-order valence-corrected chi connectivity index (χ4v) is 2.82. The average Bonchev–Trinajstić information content (AvgIpc) is 2.72. The number of rotatable bonds is 4. The molecule has 2 aromatic rings. The molecule has 1 heterocycles. The number of thiophene rings is 1. The van der Waals surface area contributed by atoms with Crippen molar-refractivity contribution in [3.63, 3.8) is 0 Å². The van der Waals surface area contributed by atoms with Crippen LogP contribution in [0.3, 0.4) is 0 Å². The van der Waals surface area contributed by atoms with Crippen molar-refractivity contribution in [3.05, 3.63) is 50.6 Å². The topological polar surface area (TPSA) is 35.2 Å². The van der Waals surface area contributed by atoms with Crippen LogP contribution < -0.4 is 10.5 Å². The van der Waals surface area contributed by atoms with Gasteiger partial charge >= 0.3 is 0 Å². The molecule has 0 saturated carbocycles. The van der Waals surface area contributed by atoms with Gasteiger partial charge in [0.15, 0.2) is 0 Å². The van der Waals surface area contributed by atoms with E-state index in [0.717, 1.165) is 20.7 Å². The van der Waals surface area contributed by atoms with Crippen molar-refractivity contribution in [3.8, 4) is 5.75 Å². The minimum absolute atomic E-state index is 0.382. The van der Waals surface area contributed by atoms with Crippen molar-refractivity contribution in [1.29, 1.82) is 0 Å². The summed E-state index contributed by atoms with van der Waals surface area (Å²) >= 11 is 10.0. The summed E-state index contributed by atoms with van der Waals surface area (Å²) in [4.78, 5) is 1.54. The van der Waals surface area contributed by atoms with Crippen LogP contribution in [0, 0.1) is 0 Å². The molecule has 0 fully saturated rings. The van der Waals surface area contributed by atoms with Crippen LogP contribution in [-0.2, 0) is 6.61 Å². The number of thiocarbonyl (C=S) groups is 1. The highest BCUT2D eigenvalue weighted by molar-refractivity contribution is 9.10. The Hall–Kier alpha value is -0.910. The van der Waals surface area contributed by atoms with Gasteiger partial charge in [-0.05, 0) is 39.5 Å². The molecule has 0 radical (unpaired) electrons. The summed E-state index contributed by atoms with van der Waals surface area (Å²) in [6, 6.07) is 9.51. The molecule has 17 heavy (non-hydrogen) atoms. The third kappa shape index (κ3) is 3.28. The average molecular weight is 328 g/mol. The predicted octanol–water partition coefficient (Wildman–Crippen LogP) is 3.72. The van der Waals surface area contributed by atoms with Gasteiger partial charge < -0.3 is 10.5 Å². The third-order valence-corrected chi connectivity index (χ3v) is 4.32. The third-order valence-electron chi connectivity index (χ3n) is 2.18. The van der Waals surface area contributed by atoms with Crippen molar-refractivity contribution in [2.24, 2.45) is 5.73 Å². The molecule has 2 nitrogen and oxygen atoms in total. The number of halogens is 1. The van der Waals surface area contributed by atoms with Gasteiger partial charge in [0.25, 0.3) is 0 Å². The van der Waals surface area contributed by atoms with Crippen LogP contribution in [0.5, 0.6) is 5.75 Å². The highest BCUT2D eigenvalue weighted by atomic mass is 79.9. The molecule has 0 unspecified atom stereocenters. The van der Waals surface area contributed by atoms with Crippen LogP contribution in [0.4, 0.5) is 0 Å². The molecule has 0 aliphatic heterocycles. The zero-order chi connectivity index (χ0) is 12.3. The van der Waals surface area contributed by atoms with Gasteiger partial charge in [-0.1, -0.05) is 24.4 Å². The Kier molecular flexibility index (Phi) is 4.15. The quantitative estimate of drug-likeness (QED) is 0.869. The van der Waals surface area contributed by atoms with Crippen LogP contribution in [0.25, 0.3) is 0 Å². The molecule has 0 aliphatic carbocycles. The Morgan fingerprint density at radius 3 is 2.88 bits per heavy atom. The second kappa shape index (κ2) is 5.62. The molecule has 0 bridgehead atoms. The lowest BCUT2D eigenvalue weighted by molar-refractivity contribution is 0.309. The van der Waals surface area contributed by atoms with E-state index in [4.69, 9.17) is 22.7 Å². The van der Waals surface area contributed by atoms with E-state index in [2.05, 4.69) is 15.9 Å². The minimum Gasteiger partial charge on any atom is -0.488 e. The van der Waals surface area contributed by atoms with Crippen molar-refractivity contribution < 1.29 is 4.74 Å². The van der Waals surface area contributed by atoms with Gasteiger partial charge in [-0.2, -0.15) is 0 Å². The molecule has 0 atom stereocenters. The lowest BCUT2D eigenvalue weighted by Crippen LogP contribution is -2.09. The van der Waals surface area contributed by atoms with Gasteiger partial charge in [0, 0.05) is 10.0 Å². The molecule has 0 aliphatic rings. The Labute approximate surface area is 118 Å². The summed E-state index contributed by atoms with van der Waals surface area (Å²) < 4.78 is 6.76. The molecule has 0 spiro atoms. The Morgan fingerprint density at radius 2 is 2.24 bits per heavy atom. The van der Waals surface area contributed by atoms with Gasteiger partial charge in [0.1, 0.15) is 17.3 Å². The fraction of sp³-hybridized carbons (Fsp3) is 0.0833. The van der Waals surface area contributed by atoms with E-state index in [0.29, 0.717) is 11.6 Å². The van der Waals surface area contributed by atoms with Crippen molar-refractivity contribution in [1.82, 2.24) is 0 Å². The maximum Gasteiger partial charge on any atom is 0.124 e. The molecular formula is C12H10BrNOS2. The van der Waals surface area contributed by atoms with Gasteiger partial charge in [0.05, 0.1) is 4.88 Å². The van der Waals surface area contributed by atoms with Crippen LogP contribution in [-0.4, -0.2) is 4.99 Å². The minimum atomic E-state index is 0.382. The normalized spacial score (nSPS) is 10.2. The van der Waals surface area contributed by atoms with E-state index in [1.54, 1.807) is 11.3 Å². The molecular weight excluding hydrogens is 318 g/mol. The van der Waals surface area contributed by atoms with Crippen LogP contribution in [0.2, 0.25) is 0 Å². The largest absolute Gasteiger partial charge is 0.488 e. The van der Waals surface area contributed by atoms with Gasteiger partial charge in [-0.25, -0.2) is 0 Å². The fourth-order valence-electron chi connectivity index (χ4n) is 1.32. The van der Waals surface area contributed by atoms with E-state index in [9.17, 15) is 0 Å². The van der Waals surface area contributed by atoms with E-state index < -0.39 is 0 Å². The smallest absolute Gasteiger partial charge is 0.124 e. The van der Waals surface area contributed by atoms with E-state index in [1.165, 1.54) is 0 Å². The first kappa shape index (κ1) is 12.5. The predicted molar refractivity (Wildman–Crippen MR) is 78.7 cm³/mol. The molecule has 0 saturated heterocycles. The van der Waals surface area contributed by atoms with E-state index >= 15 is 0 Å². The molecule has 1 aromatic carbocycles. The van der Waals surface area contributed by atoms with Crippen molar-refractivity contribution in [2.75, 3.05) is 0 Å². The number of nitrogens with two attached hydrogens (primary N) is 1. The summed E-state index contributed by atoms with van der Waals surface area (Å²) in [6.45, 7) is 0.541. The highest BCUT2D eigenvalue weighted by Crippen LogP contribution is 2.24. The molecule has 2 N–H and O–H groups in total. The number of benzene rings is 1. The van der Waals surface area contributed by atoms with Crippen LogP contribution in [0.15, 0.2) is 40.2 Å². The zero-order valence-corrected chi connectivity index (χ0v) is 12.1. The molecule has 1 aromatic heterocycles. The second-order valence-electron chi connectivity index (χ2n) is 3.37. The number of ether oxygens (including phenoxy) is 1. The zero-order valence-electron chi connectivity index (χ0n) is 8.85. The lowest BCUT2D eigenvalue weighted by Gasteiger charge is -2.06. The lowest BCUT2D eigenvalue weighted by atomic mass is 10.2. The Morgan fingerprint density at radius 1 is 1.41 bits per heavy atom.